The van der Waals surface area contributed by atoms with Gasteiger partial charge in [-0.3, -0.25) is 0 Å². The summed E-state index contributed by atoms with van der Waals surface area (Å²) in [5, 5.41) is 9.86. The van der Waals surface area contributed by atoms with Crippen LogP contribution in [0.15, 0.2) is 0 Å². The van der Waals surface area contributed by atoms with E-state index in [0.29, 0.717) is 12.8 Å². The SMILES string of the molecule is OC(c1c(F)c(F)c(F)c(F)c1F)C1CCOCC1. The Balaban J connectivity index is 2.43. The largest absolute Gasteiger partial charge is 0.388 e. The lowest BCUT2D eigenvalue weighted by Crippen LogP contribution is -2.24. The predicted octanol–water partition coefficient (Wildman–Crippen LogP) is 2.84. The van der Waals surface area contributed by atoms with Crippen LogP contribution in [0.5, 0.6) is 0 Å². The van der Waals surface area contributed by atoms with Crippen molar-refractivity contribution in [2.45, 2.75) is 18.9 Å². The van der Waals surface area contributed by atoms with Gasteiger partial charge in [-0.1, -0.05) is 0 Å². The minimum Gasteiger partial charge on any atom is -0.388 e. The van der Waals surface area contributed by atoms with Gasteiger partial charge in [0, 0.05) is 13.2 Å². The summed E-state index contributed by atoms with van der Waals surface area (Å²) in [4.78, 5) is 0. The van der Waals surface area contributed by atoms with Gasteiger partial charge in [0.15, 0.2) is 23.3 Å². The molecule has 1 atom stereocenters. The van der Waals surface area contributed by atoms with E-state index < -0.39 is 46.7 Å². The van der Waals surface area contributed by atoms with Gasteiger partial charge in [0.2, 0.25) is 5.82 Å². The van der Waals surface area contributed by atoms with E-state index in [-0.39, 0.29) is 13.2 Å². The van der Waals surface area contributed by atoms with Gasteiger partial charge in [0.05, 0.1) is 11.7 Å². The molecule has 2 rings (SSSR count). The molecule has 0 radical (unpaired) electrons. The number of aliphatic hydroxyl groups is 1. The van der Waals surface area contributed by atoms with Crippen molar-refractivity contribution in [3.8, 4) is 0 Å². The monoisotopic (exact) mass is 282 g/mol. The van der Waals surface area contributed by atoms with Gasteiger partial charge in [0.1, 0.15) is 0 Å². The minimum atomic E-state index is -2.22. The van der Waals surface area contributed by atoms with Crippen LogP contribution in [0, 0.1) is 35.0 Å². The molecule has 106 valence electrons. The van der Waals surface area contributed by atoms with Crippen LogP contribution >= 0.6 is 0 Å². The highest BCUT2D eigenvalue weighted by atomic mass is 19.2. The lowest BCUT2D eigenvalue weighted by Gasteiger charge is -2.27. The summed E-state index contributed by atoms with van der Waals surface area (Å²) in [6.07, 6.45) is -1.16. The maximum Gasteiger partial charge on any atom is 0.200 e. The standard InChI is InChI=1S/C12H11F5O2/c13-7-6(8(14)10(16)11(17)9(7)15)12(18)5-1-3-19-4-2-5/h5,12,18H,1-4H2. The van der Waals surface area contributed by atoms with Crippen LogP contribution in [0.25, 0.3) is 0 Å². The van der Waals surface area contributed by atoms with E-state index in [4.69, 9.17) is 4.74 Å². The molecule has 1 aliphatic rings. The number of hydrogen-bond acceptors (Lipinski definition) is 2. The normalized spacial score (nSPS) is 18.6. The predicted molar refractivity (Wildman–Crippen MR) is 54.7 cm³/mol. The second-order valence-corrected chi connectivity index (χ2v) is 4.38. The molecule has 0 aliphatic carbocycles. The van der Waals surface area contributed by atoms with E-state index in [0.717, 1.165) is 0 Å². The average Bonchev–Trinajstić information content (AvgIpc) is 2.44. The molecule has 0 bridgehead atoms. The van der Waals surface area contributed by atoms with E-state index >= 15 is 0 Å². The zero-order valence-corrected chi connectivity index (χ0v) is 9.73. The Morgan fingerprint density at radius 1 is 0.842 bits per heavy atom. The van der Waals surface area contributed by atoms with Crippen molar-refractivity contribution in [2.24, 2.45) is 5.92 Å². The van der Waals surface area contributed by atoms with Gasteiger partial charge in [-0.15, -0.1) is 0 Å². The fourth-order valence-corrected chi connectivity index (χ4v) is 2.15. The van der Waals surface area contributed by atoms with Crippen molar-refractivity contribution in [1.29, 1.82) is 0 Å². The van der Waals surface area contributed by atoms with Crippen LogP contribution in [-0.4, -0.2) is 18.3 Å². The maximum atomic E-state index is 13.5. The molecule has 1 saturated heterocycles. The molecule has 0 spiro atoms. The Morgan fingerprint density at radius 2 is 1.26 bits per heavy atom. The molecule has 1 fully saturated rings. The Kier molecular flexibility index (Phi) is 4.05. The number of halogens is 5. The molecule has 1 aromatic carbocycles. The maximum absolute atomic E-state index is 13.5. The van der Waals surface area contributed by atoms with Crippen molar-refractivity contribution < 1.29 is 31.8 Å². The molecular weight excluding hydrogens is 271 g/mol. The summed E-state index contributed by atoms with van der Waals surface area (Å²) in [7, 11) is 0. The molecule has 2 nitrogen and oxygen atoms in total. The number of hydrogen-bond donors (Lipinski definition) is 1. The lowest BCUT2D eigenvalue weighted by atomic mass is 9.88. The minimum absolute atomic E-state index is 0.275. The molecule has 7 heteroatoms. The molecule has 1 aromatic rings. The first-order valence-electron chi connectivity index (χ1n) is 5.72. The van der Waals surface area contributed by atoms with Crippen LogP contribution in [0.4, 0.5) is 22.0 Å². The van der Waals surface area contributed by atoms with Crippen molar-refractivity contribution in [3.63, 3.8) is 0 Å². The third kappa shape index (κ3) is 2.44. The zero-order valence-electron chi connectivity index (χ0n) is 9.73. The molecule has 1 heterocycles. The van der Waals surface area contributed by atoms with Crippen molar-refractivity contribution in [1.82, 2.24) is 0 Å². The third-order valence-corrected chi connectivity index (χ3v) is 3.25. The van der Waals surface area contributed by atoms with Crippen molar-refractivity contribution >= 4 is 0 Å². The number of benzene rings is 1. The van der Waals surface area contributed by atoms with Crippen molar-refractivity contribution in [3.05, 3.63) is 34.6 Å². The van der Waals surface area contributed by atoms with Crippen LogP contribution < -0.4 is 0 Å². The topological polar surface area (TPSA) is 29.5 Å². The first kappa shape index (κ1) is 14.2. The molecule has 0 saturated carbocycles. The number of aliphatic hydroxyl groups excluding tert-OH is 1. The first-order chi connectivity index (χ1) is 8.95. The lowest BCUT2D eigenvalue weighted by molar-refractivity contribution is 0.00381. The fraction of sp³-hybridized carbons (Fsp3) is 0.500. The smallest absolute Gasteiger partial charge is 0.200 e. The fourth-order valence-electron chi connectivity index (χ4n) is 2.15. The van der Waals surface area contributed by atoms with Crippen LogP contribution in [0.1, 0.15) is 24.5 Å². The molecule has 19 heavy (non-hydrogen) atoms. The Labute approximate surface area is 105 Å². The van der Waals surface area contributed by atoms with Gasteiger partial charge in [-0.05, 0) is 18.8 Å². The molecule has 1 unspecified atom stereocenters. The number of ether oxygens (including phenoxy) is 1. The van der Waals surface area contributed by atoms with E-state index in [9.17, 15) is 27.1 Å². The van der Waals surface area contributed by atoms with E-state index in [2.05, 4.69) is 0 Å². The highest BCUT2D eigenvalue weighted by Gasteiger charge is 2.33. The molecular formula is C12H11F5O2. The van der Waals surface area contributed by atoms with E-state index in [1.54, 1.807) is 0 Å². The highest BCUT2D eigenvalue weighted by Crippen LogP contribution is 2.35. The Hall–Kier alpha value is -1.21. The van der Waals surface area contributed by atoms with Crippen molar-refractivity contribution in [2.75, 3.05) is 13.2 Å². The summed E-state index contributed by atoms with van der Waals surface area (Å²) in [5.41, 5.74) is -1.16. The average molecular weight is 282 g/mol. The van der Waals surface area contributed by atoms with Gasteiger partial charge < -0.3 is 9.84 Å². The summed E-state index contributed by atoms with van der Waals surface area (Å²) in [6, 6.07) is 0. The van der Waals surface area contributed by atoms with Gasteiger partial charge in [-0.25, -0.2) is 22.0 Å². The van der Waals surface area contributed by atoms with Gasteiger partial charge >= 0.3 is 0 Å². The molecule has 0 amide bonds. The quantitative estimate of drug-likeness (QED) is 0.513. The summed E-state index contributed by atoms with van der Waals surface area (Å²) in [6.45, 7) is 0.550. The molecule has 1 aliphatic heterocycles. The zero-order chi connectivity index (χ0) is 14.2. The highest BCUT2D eigenvalue weighted by molar-refractivity contribution is 5.26. The van der Waals surface area contributed by atoms with E-state index in [1.165, 1.54) is 0 Å². The van der Waals surface area contributed by atoms with E-state index in [1.807, 2.05) is 0 Å². The van der Waals surface area contributed by atoms with Gasteiger partial charge in [0.25, 0.3) is 0 Å². The first-order valence-corrected chi connectivity index (χ1v) is 5.72. The molecule has 1 N–H and O–H groups in total. The summed E-state index contributed by atoms with van der Waals surface area (Å²) < 4.78 is 70.9. The Morgan fingerprint density at radius 3 is 1.74 bits per heavy atom. The van der Waals surface area contributed by atoms with Crippen LogP contribution in [-0.2, 0) is 4.74 Å². The second kappa shape index (κ2) is 5.42. The second-order valence-electron chi connectivity index (χ2n) is 4.38. The summed E-state index contributed by atoms with van der Waals surface area (Å²) in [5.74, 6) is -10.9. The number of rotatable bonds is 2. The van der Waals surface area contributed by atoms with Crippen LogP contribution in [0.3, 0.4) is 0 Å². The van der Waals surface area contributed by atoms with Gasteiger partial charge in [-0.2, -0.15) is 0 Å². The summed E-state index contributed by atoms with van der Waals surface area (Å²) >= 11 is 0. The molecule has 0 aromatic heterocycles. The van der Waals surface area contributed by atoms with Crippen LogP contribution in [0.2, 0.25) is 0 Å². The third-order valence-electron chi connectivity index (χ3n) is 3.25. The Bertz CT molecular complexity index is 456.